The Bertz CT molecular complexity index is 2120. The van der Waals surface area contributed by atoms with Crippen LogP contribution in [0.3, 0.4) is 0 Å². The number of ketones is 2. The molecule has 0 rings (SSSR count). The third-order valence-electron chi connectivity index (χ3n) is 16.9. The number of hydrogen-bond acceptors (Lipinski definition) is 17. The predicted molar refractivity (Wildman–Crippen MR) is 389 cm³/mol. The molecule has 0 saturated carbocycles. The van der Waals surface area contributed by atoms with Gasteiger partial charge in [0.15, 0.2) is 0 Å². The van der Waals surface area contributed by atoms with E-state index in [-0.39, 0.29) is 157 Å². The molecule has 0 aromatic carbocycles. The van der Waals surface area contributed by atoms with Gasteiger partial charge in [-0.15, -0.1) is 0 Å². The normalized spacial score (nSPS) is 13.7. The summed E-state index contributed by atoms with van der Waals surface area (Å²) in [6.45, 7) is 9.58. The first-order valence-electron chi connectivity index (χ1n) is 38.7. The smallest absolute Gasteiger partial charge is 1.00 e. The van der Waals surface area contributed by atoms with Gasteiger partial charge in [0.2, 0.25) is 11.8 Å². The molecular formula is C73H142N4Na2O19P2. The van der Waals surface area contributed by atoms with Crippen molar-refractivity contribution in [2.24, 2.45) is 0 Å². The van der Waals surface area contributed by atoms with Crippen molar-refractivity contribution in [3.05, 3.63) is 0 Å². The summed E-state index contributed by atoms with van der Waals surface area (Å²) in [7, 11) is -9.57. The maximum Gasteiger partial charge on any atom is 1.00 e. The van der Waals surface area contributed by atoms with E-state index < -0.39 is 78.0 Å². The van der Waals surface area contributed by atoms with Gasteiger partial charge >= 0.3 is 92.7 Å². The molecule has 0 aromatic rings. The van der Waals surface area contributed by atoms with Gasteiger partial charge in [0.05, 0.1) is 77.8 Å². The number of carbonyl (C=O) groups is 7. The van der Waals surface area contributed by atoms with E-state index in [1.807, 2.05) is 0 Å². The van der Waals surface area contributed by atoms with Crippen LogP contribution >= 0.6 is 15.6 Å². The zero-order chi connectivity index (χ0) is 72.4. The van der Waals surface area contributed by atoms with Gasteiger partial charge < -0.3 is 52.9 Å². The minimum atomic E-state index is -4.79. The summed E-state index contributed by atoms with van der Waals surface area (Å²) in [6, 6.07) is -2.73. The van der Waals surface area contributed by atoms with E-state index in [1.54, 1.807) is 0 Å². The number of Topliss-reactive ketones (excluding diaryl/α,β-unsaturated/α-hetero) is 2. The molecule has 580 valence electrons. The number of ether oxygens (including phenoxy) is 4. The summed E-state index contributed by atoms with van der Waals surface area (Å²) in [5.41, 5.74) is 0. The fraction of sp³-hybridized carbons (Fsp3) is 0.904. The Morgan fingerprint density at radius 3 is 1.00 bits per heavy atom. The molecule has 0 saturated heterocycles. The van der Waals surface area contributed by atoms with Crippen LogP contribution in [0.15, 0.2) is 0 Å². The van der Waals surface area contributed by atoms with E-state index in [2.05, 4.69) is 55.9 Å². The van der Waals surface area contributed by atoms with Crippen LogP contribution in [-0.2, 0) is 74.9 Å². The summed E-state index contributed by atoms with van der Waals surface area (Å²) in [6.07, 6.45) is 41.6. The Kier molecular flexibility index (Phi) is 75.2. The van der Waals surface area contributed by atoms with Crippen LogP contribution in [0.5, 0.6) is 0 Å². The number of phosphoric acid groups is 2. The van der Waals surface area contributed by atoms with E-state index in [0.29, 0.717) is 44.9 Å². The van der Waals surface area contributed by atoms with Crippen LogP contribution in [0.25, 0.3) is 0 Å². The predicted octanol–water partition coefficient (Wildman–Crippen LogP) is 10.8. The van der Waals surface area contributed by atoms with Gasteiger partial charge in [0, 0.05) is 52.1 Å². The van der Waals surface area contributed by atoms with Crippen molar-refractivity contribution in [1.82, 2.24) is 21.3 Å². The van der Waals surface area contributed by atoms with E-state index in [4.69, 9.17) is 37.0 Å². The third kappa shape index (κ3) is 70.9. The number of hydrogen-bond donors (Lipinski definition) is 6. The standard InChI is InChI=1S/C73H140N4O19P2.2Na.2H/c1-7-12-17-22-25-28-31-36-39-44-66(79)57-70(81)76-64(59-89-53-49-68(95-63(6)78)46-41-34-20-15-10-4)61-93-97(85,86)91-55-51-74-73(84)75-52-56-92-98(87,88)94-62-65(77-71(82)58-67(80)45-40-37-32-29-26-23-18-13-8-2)60-90-54-50-69(47-42-35-21-16-11-5)96-72(83)48-43-38-33-30-27-24-19-14-9-3;;;;/h64-65,68-69H,7-62H2,1-6H3,(H,76,81)(H,77,82)(H,85,86)(H,87,88)(H2,74,75,84);;;;/q;2*+1;2*-1/t64-,65-,68+,69+;;;;/m0..../s1. The molecule has 0 spiro atoms. The SMILES string of the molecule is CCCCCCCCCCCC(=O)CC(=O)N[C@@H](COCC[C@@H](CCCCCCC)OC(C)=O)COP(=O)(O)OCCNC(=O)NCCOP(=O)(O)OC[C@H](COCC[C@@H](CCCCCCC)OC(=O)CCCCCCCCCCC)NC(=O)CC(=O)CCCCCCCCCCC.[H-].[H-].[Na+].[Na+]. The molecule has 0 aromatic heterocycles. The molecule has 0 fully saturated rings. The minimum Gasteiger partial charge on any atom is -1.00 e. The fourth-order valence-electron chi connectivity index (χ4n) is 11.2. The molecule has 4 amide bonds. The van der Waals surface area contributed by atoms with E-state index in [9.17, 15) is 52.5 Å². The van der Waals surface area contributed by atoms with Gasteiger partial charge in [-0.1, -0.05) is 240 Å². The van der Waals surface area contributed by atoms with Crippen molar-refractivity contribution in [1.29, 1.82) is 0 Å². The van der Waals surface area contributed by atoms with Crippen molar-refractivity contribution in [3.63, 3.8) is 0 Å². The second kappa shape index (κ2) is 73.2. The van der Waals surface area contributed by atoms with Crippen LogP contribution in [0, 0.1) is 0 Å². The second-order valence-corrected chi connectivity index (χ2v) is 29.5. The van der Waals surface area contributed by atoms with Crippen molar-refractivity contribution < 1.29 is 151 Å². The largest absolute Gasteiger partial charge is 1.00 e. The minimum absolute atomic E-state index is 0. The van der Waals surface area contributed by atoms with E-state index in [1.165, 1.54) is 110 Å². The summed E-state index contributed by atoms with van der Waals surface area (Å²) in [4.78, 5) is 111. The second-order valence-electron chi connectivity index (χ2n) is 26.5. The zero-order valence-corrected chi connectivity index (χ0v) is 69.9. The Morgan fingerprint density at radius 1 is 0.370 bits per heavy atom. The van der Waals surface area contributed by atoms with Crippen LogP contribution in [-0.4, -0.2) is 141 Å². The molecule has 2 unspecified atom stereocenters. The van der Waals surface area contributed by atoms with Gasteiger partial charge in [0.25, 0.3) is 0 Å². The quantitative estimate of drug-likeness (QED) is 0.0108. The first kappa shape index (κ1) is 103. The molecule has 27 heteroatoms. The molecule has 0 aliphatic heterocycles. The van der Waals surface area contributed by atoms with Crippen molar-refractivity contribution in [3.8, 4) is 0 Å². The molecule has 6 atom stereocenters. The summed E-state index contributed by atoms with van der Waals surface area (Å²) >= 11 is 0. The first-order valence-corrected chi connectivity index (χ1v) is 41.7. The molecule has 0 aliphatic carbocycles. The van der Waals surface area contributed by atoms with Crippen LogP contribution < -0.4 is 80.4 Å². The molecule has 23 nitrogen and oxygen atoms in total. The first-order chi connectivity index (χ1) is 47.3. The van der Waals surface area contributed by atoms with Gasteiger partial charge in [-0.05, 0) is 44.9 Å². The maximum absolute atomic E-state index is 13.2. The number of nitrogens with one attached hydrogen (secondary N) is 4. The van der Waals surface area contributed by atoms with E-state index >= 15 is 0 Å². The molecule has 0 radical (unpaired) electrons. The van der Waals surface area contributed by atoms with Gasteiger partial charge in [-0.2, -0.15) is 0 Å². The molecule has 6 N–H and O–H groups in total. The number of urea groups is 1. The molecule has 100 heavy (non-hydrogen) atoms. The Hall–Kier alpha value is -1.37. The molecular weight excluding hydrogens is 1340 g/mol. The Labute approximate surface area is 652 Å². The van der Waals surface area contributed by atoms with Crippen LogP contribution in [0.4, 0.5) is 4.79 Å². The van der Waals surface area contributed by atoms with Crippen molar-refractivity contribution in [2.45, 2.75) is 361 Å². The Balaban J connectivity index is -0.00000784. The molecule has 0 bridgehead atoms. The number of rotatable bonds is 74. The topological polar surface area (TPSA) is 316 Å². The molecule has 0 aliphatic rings. The van der Waals surface area contributed by atoms with Crippen molar-refractivity contribution in [2.75, 3.05) is 65.9 Å². The van der Waals surface area contributed by atoms with Gasteiger partial charge in [0.1, 0.15) is 23.8 Å². The molecule has 0 heterocycles. The third-order valence-corrected chi connectivity index (χ3v) is 18.9. The monoisotopic (exact) mass is 1490 g/mol. The number of phosphoric ester groups is 2. The maximum atomic E-state index is 13.2. The number of amides is 4. The zero-order valence-electron chi connectivity index (χ0n) is 66.1. The van der Waals surface area contributed by atoms with Gasteiger partial charge in [-0.3, -0.25) is 46.9 Å². The average molecular weight is 1490 g/mol. The van der Waals surface area contributed by atoms with Crippen LogP contribution in [0.2, 0.25) is 0 Å². The average Bonchev–Trinajstić information content (AvgIpc) is 0.922. The number of esters is 2. The number of unbranched alkanes of at least 4 members (excludes halogenated alkanes) is 32. The number of carbonyl (C=O) groups excluding carboxylic acids is 7. The Morgan fingerprint density at radius 2 is 0.670 bits per heavy atom. The van der Waals surface area contributed by atoms with E-state index in [0.717, 1.165) is 122 Å². The van der Waals surface area contributed by atoms with Crippen LogP contribution in [0.1, 0.15) is 340 Å². The fourth-order valence-corrected chi connectivity index (χ4v) is 12.7. The summed E-state index contributed by atoms with van der Waals surface area (Å²) in [5, 5.41) is 10.2. The van der Waals surface area contributed by atoms with Crippen molar-refractivity contribution >= 4 is 57.0 Å². The van der Waals surface area contributed by atoms with Gasteiger partial charge in [-0.25, -0.2) is 13.9 Å². The summed E-state index contributed by atoms with van der Waals surface area (Å²) < 4.78 is 70.1. The summed E-state index contributed by atoms with van der Waals surface area (Å²) in [5.74, 6) is -2.29.